The number of nitrogens with one attached hydrogen (secondary N) is 3. The van der Waals surface area contributed by atoms with E-state index in [9.17, 15) is 9.59 Å². The molecule has 0 unspecified atom stereocenters. The molecule has 1 aliphatic heterocycles. The Morgan fingerprint density at radius 3 is 3.00 bits per heavy atom. The largest absolute Gasteiger partial charge is 0.464 e. The standard InChI is InChI=1S/C18H30N6O3/c1-2-19-17(25)7-8-27-18(26)15-10-14-9-12(3-5-13(14)11-20-15)4-6-16-21-23-24-22-16/h12-15,20H,2-11H2,1H3,(H,19,25)(H,21,22,23,24)/t12-,13+,14-,15+/m1/s1/i15D. The number of aromatic nitrogens is 4. The normalized spacial score (nSPS) is 30.9. The fraction of sp³-hybridized carbons (Fsp3) is 0.833. The number of rotatable bonds is 8. The quantitative estimate of drug-likeness (QED) is 0.565. The lowest BCUT2D eigenvalue weighted by Crippen LogP contribution is -2.50. The van der Waals surface area contributed by atoms with E-state index in [0.717, 1.165) is 37.9 Å². The minimum atomic E-state index is -1.42. The van der Waals surface area contributed by atoms with Crippen molar-refractivity contribution in [3.05, 3.63) is 5.82 Å². The van der Waals surface area contributed by atoms with Crippen molar-refractivity contribution in [1.29, 1.82) is 0 Å². The molecule has 2 fully saturated rings. The number of esters is 1. The lowest BCUT2D eigenvalue weighted by Gasteiger charge is -2.42. The molecule has 4 atom stereocenters. The van der Waals surface area contributed by atoms with Gasteiger partial charge < -0.3 is 15.4 Å². The van der Waals surface area contributed by atoms with Crippen molar-refractivity contribution in [2.24, 2.45) is 17.8 Å². The van der Waals surface area contributed by atoms with Crippen molar-refractivity contribution in [1.82, 2.24) is 31.3 Å². The Kier molecular flexibility index (Phi) is 6.64. The summed E-state index contributed by atoms with van der Waals surface area (Å²) in [7, 11) is 0. The molecule has 9 nitrogen and oxygen atoms in total. The van der Waals surface area contributed by atoms with Crippen LogP contribution in [0, 0.1) is 17.8 Å². The predicted molar refractivity (Wildman–Crippen MR) is 97.5 cm³/mol. The Labute approximate surface area is 160 Å². The molecule has 3 N–H and O–H groups in total. The predicted octanol–water partition coefficient (Wildman–Crippen LogP) is 0.596. The van der Waals surface area contributed by atoms with E-state index in [1.165, 1.54) is 0 Å². The third-order valence-corrected chi connectivity index (χ3v) is 5.64. The molecule has 150 valence electrons. The van der Waals surface area contributed by atoms with Gasteiger partial charge in [-0.05, 0) is 56.9 Å². The van der Waals surface area contributed by atoms with Crippen LogP contribution < -0.4 is 10.6 Å². The van der Waals surface area contributed by atoms with Crippen LogP contribution in [0.5, 0.6) is 0 Å². The molecule has 0 spiro atoms. The number of hydrogen-bond acceptors (Lipinski definition) is 7. The van der Waals surface area contributed by atoms with Crippen molar-refractivity contribution in [3.63, 3.8) is 0 Å². The number of piperidine rings is 1. The zero-order chi connectivity index (χ0) is 20.0. The number of aryl methyl sites for hydroxylation is 1. The number of fused-ring (bicyclic) bond motifs is 1. The molecule has 1 saturated carbocycles. The van der Waals surface area contributed by atoms with Gasteiger partial charge >= 0.3 is 5.97 Å². The Hall–Kier alpha value is -2.03. The molecular formula is C18H30N6O3. The third kappa shape index (κ3) is 5.72. The first kappa shape index (κ1) is 18.3. The Morgan fingerprint density at radius 2 is 2.22 bits per heavy atom. The van der Waals surface area contributed by atoms with Gasteiger partial charge in [0.25, 0.3) is 0 Å². The highest BCUT2D eigenvalue weighted by molar-refractivity contribution is 5.78. The molecule has 1 amide bonds. The highest BCUT2D eigenvalue weighted by Gasteiger charge is 2.38. The molecule has 0 bridgehead atoms. The van der Waals surface area contributed by atoms with Crippen LogP contribution in [0.15, 0.2) is 0 Å². The van der Waals surface area contributed by atoms with Crippen LogP contribution in [0.25, 0.3) is 0 Å². The van der Waals surface area contributed by atoms with E-state index >= 15 is 0 Å². The third-order valence-electron chi connectivity index (χ3n) is 5.64. The molecule has 27 heavy (non-hydrogen) atoms. The first-order valence-electron chi connectivity index (χ1n) is 10.4. The second-order valence-electron chi connectivity index (χ2n) is 7.47. The summed E-state index contributed by atoms with van der Waals surface area (Å²) in [5, 5.41) is 19.8. The fourth-order valence-corrected chi connectivity index (χ4v) is 4.18. The first-order valence-corrected chi connectivity index (χ1v) is 9.91. The van der Waals surface area contributed by atoms with Gasteiger partial charge in [0, 0.05) is 13.0 Å². The maximum Gasteiger partial charge on any atom is 0.323 e. The number of hydrogen-bond donors (Lipinski definition) is 3. The number of aromatic amines is 1. The van der Waals surface area contributed by atoms with Crippen LogP contribution in [0.1, 0.15) is 52.6 Å². The number of ether oxygens (including phenoxy) is 1. The molecule has 1 aromatic rings. The number of carbonyl (C=O) groups is 2. The van der Waals surface area contributed by atoms with Gasteiger partial charge in [-0.15, -0.1) is 10.2 Å². The fourth-order valence-electron chi connectivity index (χ4n) is 4.18. The molecule has 0 radical (unpaired) electrons. The highest BCUT2D eigenvalue weighted by atomic mass is 16.5. The Balaban J connectivity index is 1.47. The summed E-state index contributed by atoms with van der Waals surface area (Å²) in [6.45, 7) is 3.06. The smallest absolute Gasteiger partial charge is 0.323 e. The Bertz CT molecular complexity index is 658. The van der Waals surface area contributed by atoms with E-state index in [0.29, 0.717) is 37.3 Å². The molecular weight excluding hydrogens is 348 g/mol. The van der Waals surface area contributed by atoms with Gasteiger partial charge in [-0.1, -0.05) is 11.6 Å². The minimum Gasteiger partial charge on any atom is -0.464 e. The van der Waals surface area contributed by atoms with E-state index in [1.54, 1.807) is 0 Å². The molecule has 2 aliphatic rings. The minimum absolute atomic E-state index is 0.00833. The topological polar surface area (TPSA) is 122 Å². The lowest BCUT2D eigenvalue weighted by molar-refractivity contribution is -0.148. The van der Waals surface area contributed by atoms with E-state index in [1.807, 2.05) is 6.92 Å². The van der Waals surface area contributed by atoms with Crippen LogP contribution >= 0.6 is 0 Å². The van der Waals surface area contributed by atoms with E-state index in [4.69, 9.17) is 6.11 Å². The molecule has 1 aliphatic carbocycles. The average Bonchev–Trinajstić information content (AvgIpc) is 3.20. The monoisotopic (exact) mass is 379 g/mol. The number of amides is 1. The summed E-state index contributed by atoms with van der Waals surface area (Å²) in [5.41, 5.74) is 0. The average molecular weight is 379 g/mol. The molecule has 0 aromatic carbocycles. The molecule has 3 rings (SSSR count). The van der Waals surface area contributed by atoms with Gasteiger partial charge in [-0.3, -0.25) is 9.59 Å². The van der Waals surface area contributed by atoms with Crippen molar-refractivity contribution >= 4 is 11.9 Å². The summed E-state index contributed by atoms with van der Waals surface area (Å²) in [6, 6.07) is -1.42. The van der Waals surface area contributed by atoms with Crippen LogP contribution in [-0.4, -0.2) is 58.2 Å². The summed E-state index contributed by atoms with van der Waals surface area (Å²) >= 11 is 0. The van der Waals surface area contributed by atoms with Crippen molar-refractivity contribution < 1.29 is 15.7 Å². The molecule has 1 aromatic heterocycles. The number of tetrazole rings is 1. The summed E-state index contributed by atoms with van der Waals surface area (Å²) in [5.74, 6) is 1.39. The van der Waals surface area contributed by atoms with Crippen molar-refractivity contribution in [2.75, 3.05) is 19.7 Å². The summed E-state index contributed by atoms with van der Waals surface area (Å²) in [6.07, 6.45) is 5.65. The maximum atomic E-state index is 12.5. The van der Waals surface area contributed by atoms with Gasteiger partial charge in [-0.25, -0.2) is 0 Å². The van der Waals surface area contributed by atoms with Gasteiger partial charge in [0.1, 0.15) is 12.6 Å². The van der Waals surface area contributed by atoms with E-state index in [2.05, 4.69) is 31.3 Å². The van der Waals surface area contributed by atoms with E-state index in [-0.39, 0.29) is 18.9 Å². The zero-order valence-electron chi connectivity index (χ0n) is 16.9. The highest BCUT2D eigenvalue weighted by Crippen LogP contribution is 2.40. The van der Waals surface area contributed by atoms with Gasteiger partial charge in [0.2, 0.25) is 5.91 Å². The van der Waals surface area contributed by atoms with Gasteiger partial charge in [0.05, 0.1) is 7.79 Å². The first-order chi connectivity index (χ1) is 13.5. The van der Waals surface area contributed by atoms with Crippen LogP contribution in [0.2, 0.25) is 0 Å². The summed E-state index contributed by atoms with van der Waals surface area (Å²) < 4.78 is 13.8. The SMILES string of the molecule is [2H][C@@]1(C(=O)OCCC(=O)NCC)C[C@H]2C[C@@H](CCc3nn[nH]n3)CC[C@H]2CN1. The van der Waals surface area contributed by atoms with E-state index < -0.39 is 12.0 Å². The van der Waals surface area contributed by atoms with Crippen LogP contribution in [0.3, 0.4) is 0 Å². The van der Waals surface area contributed by atoms with Gasteiger partial charge in [0.15, 0.2) is 5.82 Å². The number of carbonyl (C=O) groups excluding carboxylic acids is 2. The van der Waals surface area contributed by atoms with Crippen molar-refractivity contribution in [3.8, 4) is 0 Å². The van der Waals surface area contributed by atoms with Crippen molar-refractivity contribution in [2.45, 2.75) is 57.9 Å². The Morgan fingerprint density at radius 1 is 1.33 bits per heavy atom. The van der Waals surface area contributed by atoms with Crippen LogP contribution in [-0.2, 0) is 20.7 Å². The number of nitrogens with zero attached hydrogens (tertiary/aromatic N) is 3. The zero-order valence-corrected chi connectivity index (χ0v) is 15.9. The van der Waals surface area contributed by atoms with Gasteiger partial charge in [-0.2, -0.15) is 5.21 Å². The second kappa shape index (κ2) is 9.77. The van der Waals surface area contributed by atoms with Crippen LogP contribution in [0.4, 0.5) is 0 Å². The second-order valence-corrected chi connectivity index (χ2v) is 7.47. The summed E-state index contributed by atoms with van der Waals surface area (Å²) in [4.78, 5) is 23.9. The number of H-pyrrole nitrogens is 1. The lowest BCUT2D eigenvalue weighted by atomic mass is 9.69. The molecule has 2 heterocycles. The maximum absolute atomic E-state index is 12.5. The molecule has 1 saturated heterocycles. The molecule has 9 heteroatoms.